The number of carbonyl (C=O) groups is 1. The van der Waals surface area contributed by atoms with Crippen LogP contribution in [0, 0.1) is 6.92 Å². The Labute approximate surface area is 141 Å². The standard InChI is InChI=1S/C20H20O4/c1-4-22-15-8-6-14(7-9-15)11-18-20(21)19-13(3)10-16(23-5-2)12-17(19)24-18/h6-12H,4-5H2,1-3H3/b18-11-. The van der Waals surface area contributed by atoms with Gasteiger partial charge in [-0.1, -0.05) is 12.1 Å². The largest absolute Gasteiger partial charge is 0.494 e. The molecule has 0 radical (unpaired) electrons. The number of hydrogen-bond acceptors (Lipinski definition) is 4. The maximum atomic E-state index is 12.6. The molecule has 24 heavy (non-hydrogen) atoms. The molecule has 4 heteroatoms. The van der Waals surface area contributed by atoms with E-state index >= 15 is 0 Å². The fraction of sp³-hybridized carbons (Fsp3) is 0.250. The van der Waals surface area contributed by atoms with Gasteiger partial charge >= 0.3 is 0 Å². The summed E-state index contributed by atoms with van der Waals surface area (Å²) in [7, 11) is 0. The Kier molecular flexibility index (Phi) is 4.56. The Hall–Kier alpha value is -2.75. The van der Waals surface area contributed by atoms with Crippen molar-refractivity contribution in [3.63, 3.8) is 0 Å². The minimum absolute atomic E-state index is 0.0977. The lowest BCUT2D eigenvalue weighted by atomic mass is 10.0. The molecule has 0 atom stereocenters. The number of ketones is 1. The Morgan fingerprint density at radius 3 is 2.33 bits per heavy atom. The van der Waals surface area contributed by atoms with Crippen LogP contribution in [0.25, 0.3) is 6.08 Å². The van der Waals surface area contributed by atoms with E-state index in [1.54, 1.807) is 12.1 Å². The predicted octanol–water partition coefficient (Wildman–Crippen LogP) is 4.41. The second-order valence-corrected chi connectivity index (χ2v) is 5.49. The lowest BCUT2D eigenvalue weighted by molar-refractivity contribution is 0.101. The van der Waals surface area contributed by atoms with E-state index < -0.39 is 0 Å². The van der Waals surface area contributed by atoms with E-state index in [-0.39, 0.29) is 5.78 Å². The first-order valence-electron chi connectivity index (χ1n) is 8.07. The predicted molar refractivity (Wildman–Crippen MR) is 92.9 cm³/mol. The zero-order valence-electron chi connectivity index (χ0n) is 14.1. The average molecular weight is 324 g/mol. The molecule has 0 saturated carbocycles. The zero-order valence-corrected chi connectivity index (χ0v) is 14.1. The van der Waals surface area contributed by atoms with Crippen molar-refractivity contribution in [2.75, 3.05) is 13.2 Å². The van der Waals surface area contributed by atoms with Crippen LogP contribution in [0.15, 0.2) is 42.2 Å². The smallest absolute Gasteiger partial charge is 0.232 e. The Morgan fingerprint density at radius 2 is 1.67 bits per heavy atom. The number of aryl methyl sites for hydroxylation is 1. The van der Waals surface area contributed by atoms with Gasteiger partial charge in [0.25, 0.3) is 0 Å². The number of hydrogen-bond donors (Lipinski definition) is 0. The van der Waals surface area contributed by atoms with Crippen molar-refractivity contribution < 1.29 is 19.0 Å². The van der Waals surface area contributed by atoms with Gasteiger partial charge in [-0.3, -0.25) is 4.79 Å². The van der Waals surface area contributed by atoms with E-state index in [0.29, 0.717) is 36.0 Å². The van der Waals surface area contributed by atoms with Crippen LogP contribution < -0.4 is 14.2 Å². The molecular weight excluding hydrogens is 304 g/mol. The molecule has 0 bridgehead atoms. The van der Waals surface area contributed by atoms with Crippen molar-refractivity contribution in [3.8, 4) is 17.2 Å². The minimum atomic E-state index is -0.0977. The van der Waals surface area contributed by atoms with Crippen LogP contribution in [-0.2, 0) is 0 Å². The van der Waals surface area contributed by atoms with Gasteiger partial charge in [-0.2, -0.15) is 0 Å². The van der Waals surface area contributed by atoms with Gasteiger partial charge in [-0.25, -0.2) is 0 Å². The van der Waals surface area contributed by atoms with Crippen molar-refractivity contribution in [2.45, 2.75) is 20.8 Å². The molecule has 0 aromatic heterocycles. The Morgan fingerprint density at radius 1 is 1.00 bits per heavy atom. The summed E-state index contributed by atoms with van der Waals surface area (Å²) in [5.41, 5.74) is 2.35. The summed E-state index contributed by atoms with van der Waals surface area (Å²) in [6.07, 6.45) is 1.75. The second kappa shape index (κ2) is 6.79. The molecule has 0 spiro atoms. The highest BCUT2D eigenvalue weighted by atomic mass is 16.5. The van der Waals surface area contributed by atoms with Gasteiger partial charge in [0.1, 0.15) is 17.2 Å². The number of fused-ring (bicyclic) bond motifs is 1. The summed E-state index contributed by atoms with van der Waals surface area (Å²) in [5, 5.41) is 0. The molecule has 3 rings (SSSR count). The van der Waals surface area contributed by atoms with Gasteiger partial charge in [0.2, 0.25) is 5.78 Å². The van der Waals surface area contributed by atoms with Crippen LogP contribution in [0.1, 0.15) is 35.3 Å². The van der Waals surface area contributed by atoms with Gasteiger partial charge < -0.3 is 14.2 Å². The molecule has 0 fully saturated rings. The Bertz CT molecular complexity index is 788. The fourth-order valence-electron chi connectivity index (χ4n) is 2.71. The quantitative estimate of drug-likeness (QED) is 0.764. The molecule has 0 N–H and O–H groups in total. The van der Waals surface area contributed by atoms with Gasteiger partial charge in [-0.05, 0) is 56.2 Å². The zero-order chi connectivity index (χ0) is 17.1. The van der Waals surface area contributed by atoms with E-state index in [2.05, 4.69) is 0 Å². The maximum Gasteiger partial charge on any atom is 0.232 e. The molecule has 2 aromatic rings. The summed E-state index contributed by atoms with van der Waals surface area (Å²) in [4.78, 5) is 12.6. The minimum Gasteiger partial charge on any atom is -0.494 e. The van der Waals surface area contributed by atoms with Crippen molar-refractivity contribution in [1.29, 1.82) is 0 Å². The van der Waals surface area contributed by atoms with Crippen LogP contribution in [-0.4, -0.2) is 19.0 Å². The van der Waals surface area contributed by atoms with Crippen LogP contribution in [0.2, 0.25) is 0 Å². The lowest BCUT2D eigenvalue weighted by Gasteiger charge is -2.06. The second-order valence-electron chi connectivity index (χ2n) is 5.49. The Balaban J connectivity index is 1.88. The van der Waals surface area contributed by atoms with Crippen LogP contribution in [0.4, 0.5) is 0 Å². The lowest BCUT2D eigenvalue weighted by Crippen LogP contribution is -2.00. The van der Waals surface area contributed by atoms with Crippen molar-refractivity contribution >= 4 is 11.9 Å². The highest BCUT2D eigenvalue weighted by Crippen LogP contribution is 2.37. The molecule has 4 nitrogen and oxygen atoms in total. The normalized spacial score (nSPS) is 14.5. The number of carbonyl (C=O) groups excluding carboxylic acids is 1. The summed E-state index contributed by atoms with van der Waals surface area (Å²) < 4.78 is 16.7. The SMILES string of the molecule is CCOc1ccc(/C=C2\Oc3cc(OCC)cc(C)c3C2=O)cc1. The molecular formula is C20H20O4. The first-order valence-corrected chi connectivity index (χ1v) is 8.07. The van der Waals surface area contributed by atoms with Crippen molar-refractivity contribution in [2.24, 2.45) is 0 Å². The molecule has 0 unspecified atom stereocenters. The number of Topliss-reactive ketones (excluding diaryl/α,β-unsaturated/α-hetero) is 1. The summed E-state index contributed by atoms with van der Waals surface area (Å²) in [6.45, 7) is 6.95. The van der Waals surface area contributed by atoms with Gasteiger partial charge in [0.05, 0.1) is 18.8 Å². The van der Waals surface area contributed by atoms with Crippen LogP contribution in [0.3, 0.4) is 0 Å². The van der Waals surface area contributed by atoms with Crippen molar-refractivity contribution in [1.82, 2.24) is 0 Å². The fourth-order valence-corrected chi connectivity index (χ4v) is 2.71. The van der Waals surface area contributed by atoms with Crippen LogP contribution >= 0.6 is 0 Å². The third-order valence-corrected chi connectivity index (χ3v) is 3.74. The van der Waals surface area contributed by atoms with E-state index in [9.17, 15) is 4.79 Å². The molecule has 1 aliphatic heterocycles. The summed E-state index contributed by atoms with van der Waals surface area (Å²) in [6, 6.07) is 11.2. The number of ether oxygens (including phenoxy) is 3. The third-order valence-electron chi connectivity index (χ3n) is 3.74. The first kappa shape index (κ1) is 16.1. The summed E-state index contributed by atoms with van der Waals surface area (Å²) >= 11 is 0. The highest BCUT2D eigenvalue weighted by molar-refractivity contribution is 6.15. The van der Waals surface area contributed by atoms with Gasteiger partial charge in [-0.15, -0.1) is 0 Å². The van der Waals surface area contributed by atoms with E-state index in [1.807, 2.05) is 51.1 Å². The summed E-state index contributed by atoms with van der Waals surface area (Å²) in [5.74, 6) is 2.30. The van der Waals surface area contributed by atoms with E-state index in [4.69, 9.17) is 14.2 Å². The van der Waals surface area contributed by atoms with Gasteiger partial charge in [0, 0.05) is 6.07 Å². The van der Waals surface area contributed by atoms with Gasteiger partial charge in [0.15, 0.2) is 5.76 Å². The topological polar surface area (TPSA) is 44.8 Å². The van der Waals surface area contributed by atoms with E-state index in [0.717, 1.165) is 16.9 Å². The molecule has 2 aromatic carbocycles. The molecule has 1 aliphatic rings. The van der Waals surface area contributed by atoms with Crippen LogP contribution in [0.5, 0.6) is 17.2 Å². The molecule has 124 valence electrons. The molecule has 1 heterocycles. The monoisotopic (exact) mass is 324 g/mol. The number of rotatable bonds is 5. The maximum absolute atomic E-state index is 12.6. The first-order chi connectivity index (χ1) is 11.6. The molecule has 0 saturated heterocycles. The molecule has 0 aliphatic carbocycles. The molecule has 0 amide bonds. The highest BCUT2D eigenvalue weighted by Gasteiger charge is 2.29. The number of benzene rings is 2. The number of allylic oxidation sites excluding steroid dienone is 1. The van der Waals surface area contributed by atoms with Crippen molar-refractivity contribution in [3.05, 3.63) is 58.8 Å². The van der Waals surface area contributed by atoms with E-state index in [1.165, 1.54) is 0 Å². The average Bonchev–Trinajstić information content (AvgIpc) is 2.86. The third kappa shape index (κ3) is 3.13.